The van der Waals surface area contributed by atoms with Gasteiger partial charge in [0.25, 0.3) is 0 Å². The predicted octanol–water partition coefficient (Wildman–Crippen LogP) is -2.83. The molecule has 424 valence electrons. The molecule has 0 spiro atoms. The third kappa shape index (κ3) is 26.1. The lowest BCUT2D eigenvalue weighted by Crippen LogP contribution is -2.60. The van der Waals surface area contributed by atoms with Crippen LogP contribution in [-0.4, -0.2) is 169 Å². The Balaban J connectivity index is 3.41. The minimum atomic E-state index is -1.99. The molecule has 0 aliphatic rings. The first kappa shape index (κ1) is 66.5. The second-order valence-electron chi connectivity index (χ2n) is 18.2. The van der Waals surface area contributed by atoms with E-state index in [2.05, 4.69) is 42.5 Å². The average Bonchev–Trinajstić information content (AvgIpc) is 3.34. The molecule has 29 heteroatoms. The number of aromatic hydroxyl groups is 1. The second-order valence-corrected chi connectivity index (χ2v) is 19.2. The van der Waals surface area contributed by atoms with E-state index in [1.807, 2.05) is 0 Å². The molecule has 9 amide bonds. The Labute approximate surface area is 442 Å². The molecule has 9 atom stereocenters. The molecule has 1 aromatic carbocycles. The summed E-state index contributed by atoms with van der Waals surface area (Å²) in [7, 11) is 0. The maximum atomic E-state index is 14.0. The summed E-state index contributed by atoms with van der Waals surface area (Å²) >= 11 is 1.21. The molecule has 0 saturated carbocycles. The number of nitrogens with one attached hydrogen (secondary N) is 8. The Morgan fingerprint density at radius 2 is 0.987 bits per heavy atom. The highest BCUT2D eigenvalue weighted by atomic mass is 32.2. The minimum Gasteiger partial charge on any atom is -0.508 e. The maximum Gasteiger partial charge on any atom is 0.326 e. The highest BCUT2D eigenvalue weighted by Gasteiger charge is 2.35. The first-order valence-corrected chi connectivity index (χ1v) is 25.6. The molecule has 0 heterocycles. The van der Waals surface area contributed by atoms with Gasteiger partial charge in [0.1, 0.15) is 48.0 Å². The Hall–Kier alpha value is -7.56. The van der Waals surface area contributed by atoms with Crippen molar-refractivity contribution in [1.82, 2.24) is 42.5 Å². The van der Waals surface area contributed by atoms with E-state index in [1.54, 1.807) is 34.0 Å². The van der Waals surface area contributed by atoms with Gasteiger partial charge in [-0.3, -0.25) is 57.5 Å². The summed E-state index contributed by atoms with van der Waals surface area (Å²) in [6.45, 7) is 6.06. The summed E-state index contributed by atoms with van der Waals surface area (Å²) in [6, 6.07) is -7.04. The standard InChI is InChI=1S/C47H72N10O18S/c1-6-24(4)39(49)46(73)55-27(11-14-34(48)59)42(69)57-32(21-38(65)66)45(72)53-28(12-15-36(61)62)41(68)54-30(17-18-76-5)44(71)52-29(13-16-37(63)64)43(70)56-31(19-23(2)3)40(67)50-22-35(60)51-33(47(74)75)20-25-7-9-26(58)10-8-25/h7-10,23-24,27-33,39,58H,6,11-22,49H2,1-5H3,(H2,48,59)(H,50,67)(H,51,60)(H,52,71)(H,53,72)(H,54,68)(H,55,73)(H,56,70)(H,57,69)(H,61,62)(H,63,64)(H,65,66)(H,74,75)/t24-,27-,28-,29-,30-,31-,32-,33-,39-/m0/s1. The lowest BCUT2D eigenvalue weighted by atomic mass is 9.98. The molecule has 1 rings (SSSR count). The van der Waals surface area contributed by atoms with Crippen LogP contribution in [0.2, 0.25) is 0 Å². The van der Waals surface area contributed by atoms with Gasteiger partial charge in [-0.15, -0.1) is 0 Å². The van der Waals surface area contributed by atoms with Crippen molar-refractivity contribution in [2.45, 2.75) is 147 Å². The predicted molar refractivity (Wildman–Crippen MR) is 270 cm³/mol. The van der Waals surface area contributed by atoms with E-state index >= 15 is 0 Å². The van der Waals surface area contributed by atoms with Crippen LogP contribution in [0.5, 0.6) is 5.75 Å². The van der Waals surface area contributed by atoms with Gasteiger partial charge >= 0.3 is 23.9 Å². The molecule has 17 N–H and O–H groups in total. The van der Waals surface area contributed by atoms with Crippen LogP contribution in [0.25, 0.3) is 0 Å². The number of phenols is 1. The largest absolute Gasteiger partial charge is 0.508 e. The van der Waals surface area contributed by atoms with Gasteiger partial charge in [0, 0.05) is 25.7 Å². The highest BCUT2D eigenvalue weighted by Crippen LogP contribution is 2.13. The summed E-state index contributed by atoms with van der Waals surface area (Å²) in [5.41, 5.74) is 11.7. The molecular weight excluding hydrogens is 1020 g/mol. The van der Waals surface area contributed by atoms with Crippen molar-refractivity contribution in [3.63, 3.8) is 0 Å². The lowest BCUT2D eigenvalue weighted by Gasteiger charge is -2.28. The molecular formula is C47H72N10O18S. The van der Waals surface area contributed by atoms with Gasteiger partial charge < -0.3 is 79.5 Å². The van der Waals surface area contributed by atoms with E-state index in [9.17, 15) is 87.9 Å². The van der Waals surface area contributed by atoms with E-state index < -0.39 is 177 Å². The number of carboxylic acids is 4. The van der Waals surface area contributed by atoms with E-state index in [0.29, 0.717) is 12.0 Å². The smallest absolute Gasteiger partial charge is 0.326 e. The topological polar surface area (TPSA) is 471 Å². The number of benzene rings is 1. The summed E-state index contributed by atoms with van der Waals surface area (Å²) in [5, 5.41) is 66.4. The van der Waals surface area contributed by atoms with Crippen molar-refractivity contribution in [2.24, 2.45) is 23.3 Å². The van der Waals surface area contributed by atoms with Crippen molar-refractivity contribution in [2.75, 3.05) is 18.6 Å². The molecule has 0 aliphatic carbocycles. The normalized spacial score (nSPS) is 14.5. The number of carbonyl (C=O) groups is 13. The summed E-state index contributed by atoms with van der Waals surface area (Å²) in [6.07, 6.45) is -2.94. The zero-order chi connectivity index (χ0) is 57.8. The van der Waals surface area contributed by atoms with Crippen molar-refractivity contribution >= 4 is 88.8 Å². The average molecular weight is 1100 g/mol. The van der Waals surface area contributed by atoms with Crippen LogP contribution in [-0.2, 0) is 68.7 Å². The van der Waals surface area contributed by atoms with E-state index in [0.717, 1.165) is 0 Å². The number of nitrogens with two attached hydrogens (primary N) is 2. The molecule has 0 aromatic heterocycles. The van der Waals surface area contributed by atoms with Gasteiger partial charge in [-0.2, -0.15) is 11.8 Å². The Bertz CT molecular complexity index is 2220. The highest BCUT2D eigenvalue weighted by molar-refractivity contribution is 7.98. The number of hydrogen-bond donors (Lipinski definition) is 15. The number of hydrogen-bond acceptors (Lipinski definition) is 16. The van der Waals surface area contributed by atoms with Crippen LogP contribution in [0.15, 0.2) is 24.3 Å². The molecule has 0 unspecified atom stereocenters. The Morgan fingerprint density at radius 3 is 1.41 bits per heavy atom. The molecule has 1 aromatic rings. The van der Waals surface area contributed by atoms with Gasteiger partial charge in [0.05, 0.1) is 19.0 Å². The molecule has 0 aliphatic heterocycles. The SMILES string of the molecule is CC[C@H](C)[C@H](N)C(=O)N[C@@H](CCC(N)=O)C(=O)N[C@@H](CC(=O)O)C(=O)N[C@@H](CCC(=O)O)C(=O)N[C@@H](CCSC)C(=O)N[C@@H](CCC(=O)O)C(=O)N[C@@H](CC(C)C)C(=O)NCC(=O)N[C@@H](Cc1ccc(O)cc1)C(=O)O. The molecule has 76 heavy (non-hydrogen) atoms. The van der Waals surface area contributed by atoms with Gasteiger partial charge in [-0.25, -0.2) is 4.79 Å². The molecule has 0 bridgehead atoms. The number of carboxylic acid groups (broad SMARTS) is 4. The summed E-state index contributed by atoms with van der Waals surface area (Å²) < 4.78 is 0. The molecule has 0 fully saturated rings. The fourth-order valence-electron chi connectivity index (χ4n) is 6.97. The summed E-state index contributed by atoms with van der Waals surface area (Å²) in [5.74, 6) is -15.7. The van der Waals surface area contributed by atoms with E-state index in [-0.39, 0.29) is 42.6 Å². The Morgan fingerprint density at radius 1 is 0.553 bits per heavy atom. The lowest BCUT2D eigenvalue weighted by molar-refractivity contribution is -0.142. The van der Waals surface area contributed by atoms with Crippen LogP contribution in [0.4, 0.5) is 0 Å². The number of rotatable bonds is 37. The number of amides is 9. The van der Waals surface area contributed by atoms with Gasteiger partial charge in [0.15, 0.2) is 0 Å². The fraction of sp³-hybridized carbons (Fsp3) is 0.596. The van der Waals surface area contributed by atoms with Crippen LogP contribution < -0.4 is 54.0 Å². The van der Waals surface area contributed by atoms with Crippen LogP contribution >= 0.6 is 11.8 Å². The van der Waals surface area contributed by atoms with Crippen LogP contribution in [0, 0.1) is 11.8 Å². The zero-order valence-corrected chi connectivity index (χ0v) is 43.7. The van der Waals surface area contributed by atoms with Crippen molar-refractivity contribution in [3.8, 4) is 5.75 Å². The fourth-order valence-corrected chi connectivity index (χ4v) is 7.44. The quantitative estimate of drug-likeness (QED) is 0.0319. The minimum absolute atomic E-state index is 0.0518. The maximum absolute atomic E-state index is 14.0. The first-order valence-electron chi connectivity index (χ1n) is 24.2. The van der Waals surface area contributed by atoms with Crippen LogP contribution in [0.1, 0.15) is 97.5 Å². The monoisotopic (exact) mass is 1100 g/mol. The number of aliphatic carboxylic acids is 4. The van der Waals surface area contributed by atoms with Crippen molar-refractivity contribution in [3.05, 3.63) is 29.8 Å². The Kier molecular flexibility index (Phi) is 29.8. The molecule has 28 nitrogen and oxygen atoms in total. The van der Waals surface area contributed by atoms with Gasteiger partial charge in [0.2, 0.25) is 53.2 Å². The van der Waals surface area contributed by atoms with E-state index in [1.165, 1.54) is 36.0 Å². The summed E-state index contributed by atoms with van der Waals surface area (Å²) in [4.78, 5) is 167. The second kappa shape index (κ2) is 34.1. The number of phenolic OH excluding ortho intramolecular Hbond substituents is 1. The third-order valence-corrected chi connectivity index (χ3v) is 12.1. The molecule has 0 radical (unpaired) electrons. The van der Waals surface area contributed by atoms with Crippen molar-refractivity contribution in [1.29, 1.82) is 0 Å². The number of primary amides is 1. The zero-order valence-electron chi connectivity index (χ0n) is 42.9. The number of carbonyl (C=O) groups excluding carboxylic acids is 9. The molecule has 0 saturated heterocycles. The first-order chi connectivity index (χ1) is 35.6. The van der Waals surface area contributed by atoms with Gasteiger partial charge in [-0.05, 0) is 73.6 Å². The number of thioether (sulfide) groups is 1. The van der Waals surface area contributed by atoms with E-state index in [4.69, 9.17) is 11.5 Å². The van der Waals surface area contributed by atoms with Crippen molar-refractivity contribution < 1.29 is 87.9 Å². The van der Waals surface area contributed by atoms with Gasteiger partial charge in [-0.1, -0.05) is 46.2 Å². The van der Waals surface area contributed by atoms with Crippen LogP contribution in [0.3, 0.4) is 0 Å². The third-order valence-electron chi connectivity index (χ3n) is 11.5.